The second kappa shape index (κ2) is 5.86. The number of hydrogen-bond donors (Lipinski definition) is 1. The summed E-state index contributed by atoms with van der Waals surface area (Å²) in [5, 5.41) is 13.0. The predicted molar refractivity (Wildman–Crippen MR) is 68.8 cm³/mol. The van der Waals surface area contributed by atoms with Gasteiger partial charge in [0.25, 0.3) is 5.91 Å². The van der Waals surface area contributed by atoms with Crippen LogP contribution in [0.2, 0.25) is 0 Å². The quantitative estimate of drug-likeness (QED) is 0.888. The molecule has 0 spiro atoms. The first-order chi connectivity index (χ1) is 9.10. The van der Waals surface area contributed by atoms with Crippen molar-refractivity contribution in [2.24, 2.45) is 5.92 Å². The van der Waals surface area contributed by atoms with Crippen LogP contribution in [0, 0.1) is 5.92 Å². The van der Waals surface area contributed by atoms with Crippen molar-refractivity contribution in [1.29, 1.82) is 0 Å². The standard InChI is InChI=1S/C13H19N3O3/c1-2-16-8-5-11(14-16)13(19)15-6-3-10(4-7-15)9-12(17)18/h5,8,10H,2-4,6-7,9H2,1H3,(H,17,18). The number of carboxylic acid groups (broad SMARTS) is 1. The van der Waals surface area contributed by atoms with Gasteiger partial charge in [0.1, 0.15) is 5.69 Å². The van der Waals surface area contributed by atoms with Crippen molar-refractivity contribution in [1.82, 2.24) is 14.7 Å². The molecule has 6 heteroatoms. The van der Waals surface area contributed by atoms with Gasteiger partial charge < -0.3 is 10.0 Å². The van der Waals surface area contributed by atoms with Gasteiger partial charge in [0.05, 0.1) is 0 Å². The molecule has 1 N–H and O–H groups in total. The molecule has 0 radical (unpaired) electrons. The molecule has 1 aliphatic heterocycles. The zero-order valence-electron chi connectivity index (χ0n) is 11.1. The van der Waals surface area contributed by atoms with Gasteiger partial charge in [-0.25, -0.2) is 0 Å². The molecule has 104 valence electrons. The third kappa shape index (κ3) is 3.33. The lowest BCUT2D eigenvalue weighted by Gasteiger charge is -2.30. The summed E-state index contributed by atoms with van der Waals surface area (Å²) >= 11 is 0. The van der Waals surface area contributed by atoms with Crippen LogP contribution in [0.3, 0.4) is 0 Å². The zero-order valence-corrected chi connectivity index (χ0v) is 11.1. The number of likely N-dealkylation sites (tertiary alicyclic amines) is 1. The van der Waals surface area contributed by atoms with Crippen molar-refractivity contribution in [2.75, 3.05) is 13.1 Å². The highest BCUT2D eigenvalue weighted by atomic mass is 16.4. The number of hydrogen-bond acceptors (Lipinski definition) is 3. The summed E-state index contributed by atoms with van der Waals surface area (Å²) in [5.74, 6) is -0.623. The maximum atomic E-state index is 12.2. The minimum atomic E-state index is -0.758. The Morgan fingerprint density at radius 2 is 2.11 bits per heavy atom. The number of aryl methyl sites for hydroxylation is 1. The molecular formula is C13H19N3O3. The Balaban J connectivity index is 1.90. The molecule has 0 saturated carbocycles. The van der Waals surface area contributed by atoms with Crippen LogP contribution < -0.4 is 0 Å². The molecular weight excluding hydrogens is 246 g/mol. The van der Waals surface area contributed by atoms with Crippen molar-refractivity contribution in [3.05, 3.63) is 18.0 Å². The van der Waals surface area contributed by atoms with Gasteiger partial charge in [-0.2, -0.15) is 5.10 Å². The fourth-order valence-corrected chi connectivity index (χ4v) is 2.40. The number of carbonyl (C=O) groups is 2. The van der Waals surface area contributed by atoms with Crippen LogP contribution in [0.15, 0.2) is 12.3 Å². The maximum Gasteiger partial charge on any atom is 0.303 e. The van der Waals surface area contributed by atoms with Crippen LogP contribution in [0.5, 0.6) is 0 Å². The number of rotatable bonds is 4. The molecule has 0 bridgehead atoms. The van der Waals surface area contributed by atoms with Crippen molar-refractivity contribution in [3.8, 4) is 0 Å². The van der Waals surface area contributed by atoms with Gasteiger partial charge in [-0.1, -0.05) is 0 Å². The minimum absolute atomic E-state index is 0.0547. The molecule has 19 heavy (non-hydrogen) atoms. The number of amides is 1. The van der Waals surface area contributed by atoms with Crippen molar-refractivity contribution < 1.29 is 14.7 Å². The number of nitrogens with zero attached hydrogens (tertiary/aromatic N) is 3. The fourth-order valence-electron chi connectivity index (χ4n) is 2.40. The van der Waals surface area contributed by atoms with E-state index in [4.69, 9.17) is 5.11 Å². The lowest BCUT2D eigenvalue weighted by atomic mass is 9.93. The third-order valence-corrected chi connectivity index (χ3v) is 3.55. The summed E-state index contributed by atoms with van der Waals surface area (Å²) in [5.41, 5.74) is 0.471. The summed E-state index contributed by atoms with van der Waals surface area (Å²) in [4.78, 5) is 24.6. The molecule has 1 saturated heterocycles. The van der Waals surface area contributed by atoms with Gasteiger partial charge in [0.2, 0.25) is 0 Å². The van der Waals surface area contributed by atoms with E-state index in [2.05, 4.69) is 5.10 Å². The first-order valence-electron chi connectivity index (χ1n) is 6.64. The molecule has 6 nitrogen and oxygen atoms in total. The van der Waals surface area contributed by atoms with Crippen molar-refractivity contribution >= 4 is 11.9 Å². The van der Waals surface area contributed by atoms with E-state index < -0.39 is 5.97 Å². The number of carboxylic acids is 1. The maximum absolute atomic E-state index is 12.2. The van der Waals surface area contributed by atoms with Gasteiger partial charge in [-0.15, -0.1) is 0 Å². The first-order valence-corrected chi connectivity index (χ1v) is 6.64. The molecule has 1 aromatic heterocycles. The predicted octanol–water partition coefficient (Wildman–Crippen LogP) is 1.23. The van der Waals surface area contributed by atoms with E-state index in [1.807, 2.05) is 6.92 Å². The van der Waals surface area contributed by atoms with Crippen molar-refractivity contribution in [2.45, 2.75) is 32.7 Å². The van der Waals surface area contributed by atoms with Crippen LogP contribution in [0.25, 0.3) is 0 Å². The first kappa shape index (κ1) is 13.6. The Labute approximate surface area is 112 Å². The zero-order chi connectivity index (χ0) is 13.8. The Bertz CT molecular complexity index is 461. The SMILES string of the molecule is CCn1ccc(C(=O)N2CCC(CC(=O)O)CC2)n1. The largest absolute Gasteiger partial charge is 0.481 e. The molecule has 0 aromatic carbocycles. The van der Waals surface area contributed by atoms with Crippen LogP contribution >= 0.6 is 0 Å². The molecule has 0 aliphatic carbocycles. The van der Waals surface area contributed by atoms with Gasteiger partial charge in [-0.05, 0) is 31.7 Å². The summed E-state index contributed by atoms with van der Waals surface area (Å²) in [7, 11) is 0. The monoisotopic (exact) mass is 265 g/mol. The highest BCUT2D eigenvalue weighted by Gasteiger charge is 2.25. The van der Waals surface area contributed by atoms with E-state index in [1.165, 1.54) is 0 Å². The third-order valence-electron chi connectivity index (χ3n) is 3.55. The molecule has 2 heterocycles. The summed E-state index contributed by atoms with van der Waals surface area (Å²) in [6, 6.07) is 1.73. The lowest BCUT2D eigenvalue weighted by Crippen LogP contribution is -2.39. The van der Waals surface area contributed by atoms with E-state index in [1.54, 1.807) is 21.8 Å². The Morgan fingerprint density at radius 3 is 2.63 bits per heavy atom. The van der Waals surface area contributed by atoms with Gasteiger partial charge in [0, 0.05) is 32.3 Å². The molecule has 0 unspecified atom stereocenters. The lowest BCUT2D eigenvalue weighted by molar-refractivity contribution is -0.138. The second-order valence-corrected chi connectivity index (χ2v) is 4.89. The van der Waals surface area contributed by atoms with Crippen LogP contribution in [-0.2, 0) is 11.3 Å². The average molecular weight is 265 g/mol. The van der Waals surface area contributed by atoms with E-state index in [0.717, 1.165) is 19.4 Å². The van der Waals surface area contributed by atoms with Gasteiger partial charge >= 0.3 is 5.97 Å². The Kier molecular flexibility index (Phi) is 4.19. The highest BCUT2D eigenvalue weighted by molar-refractivity contribution is 5.92. The second-order valence-electron chi connectivity index (χ2n) is 4.89. The van der Waals surface area contributed by atoms with E-state index in [9.17, 15) is 9.59 Å². The van der Waals surface area contributed by atoms with E-state index >= 15 is 0 Å². The smallest absolute Gasteiger partial charge is 0.303 e. The Morgan fingerprint density at radius 1 is 1.42 bits per heavy atom. The summed E-state index contributed by atoms with van der Waals surface area (Å²) in [6.07, 6.45) is 3.51. The normalized spacial score (nSPS) is 16.6. The molecule has 2 rings (SSSR count). The average Bonchev–Trinajstić information content (AvgIpc) is 2.87. The number of aromatic nitrogens is 2. The van der Waals surface area contributed by atoms with Crippen LogP contribution in [0.4, 0.5) is 0 Å². The number of carbonyl (C=O) groups excluding carboxylic acids is 1. The molecule has 1 aliphatic rings. The van der Waals surface area contributed by atoms with Crippen LogP contribution in [-0.4, -0.2) is 44.8 Å². The Hall–Kier alpha value is -1.85. The number of piperidine rings is 1. The topological polar surface area (TPSA) is 75.4 Å². The van der Waals surface area contributed by atoms with E-state index in [0.29, 0.717) is 18.8 Å². The molecule has 1 amide bonds. The molecule has 0 atom stereocenters. The summed E-state index contributed by atoms with van der Waals surface area (Å²) in [6.45, 7) is 3.96. The van der Waals surface area contributed by atoms with Crippen LogP contribution in [0.1, 0.15) is 36.7 Å². The van der Waals surface area contributed by atoms with Gasteiger partial charge in [0.15, 0.2) is 0 Å². The van der Waals surface area contributed by atoms with E-state index in [-0.39, 0.29) is 18.2 Å². The van der Waals surface area contributed by atoms with Crippen molar-refractivity contribution in [3.63, 3.8) is 0 Å². The number of aliphatic carboxylic acids is 1. The fraction of sp³-hybridized carbons (Fsp3) is 0.615. The molecule has 1 aromatic rings. The summed E-state index contributed by atoms with van der Waals surface area (Å²) < 4.78 is 1.73. The minimum Gasteiger partial charge on any atom is -0.481 e. The molecule has 1 fully saturated rings. The van der Waals surface area contributed by atoms with Gasteiger partial charge in [-0.3, -0.25) is 14.3 Å². The highest BCUT2D eigenvalue weighted by Crippen LogP contribution is 2.21.